The fourth-order valence-electron chi connectivity index (χ4n) is 0.945. The summed E-state index contributed by atoms with van der Waals surface area (Å²) in [5.41, 5.74) is 0.560. The Balaban J connectivity index is 2.67. The standard InChI is InChI=1S/C8H9N3O/c1-11-7(4-6-10-11)8(12)3-2-5-9/h4,6H,2-3H2,1H3. The molecule has 4 nitrogen and oxygen atoms in total. The number of nitrogens with zero attached hydrogens (tertiary/aromatic N) is 3. The van der Waals surface area contributed by atoms with Gasteiger partial charge in [-0.15, -0.1) is 0 Å². The lowest BCUT2D eigenvalue weighted by molar-refractivity contribution is 0.0975. The predicted molar refractivity (Wildman–Crippen MR) is 42.4 cm³/mol. The number of Topliss-reactive ketones (excluding diaryl/α,β-unsaturated/α-hetero) is 1. The first-order valence-corrected chi connectivity index (χ1v) is 3.64. The molecule has 1 aromatic rings. The molecule has 1 heterocycles. The van der Waals surface area contributed by atoms with Crippen molar-refractivity contribution in [3.8, 4) is 6.07 Å². The van der Waals surface area contributed by atoms with Crippen LogP contribution in [0.2, 0.25) is 0 Å². The Hall–Kier alpha value is -1.63. The molecule has 0 saturated carbocycles. The zero-order valence-corrected chi connectivity index (χ0v) is 6.82. The van der Waals surface area contributed by atoms with Crippen molar-refractivity contribution in [2.75, 3.05) is 0 Å². The summed E-state index contributed by atoms with van der Waals surface area (Å²) >= 11 is 0. The van der Waals surface area contributed by atoms with E-state index in [0.29, 0.717) is 5.69 Å². The molecular weight excluding hydrogens is 154 g/mol. The number of carbonyl (C=O) groups is 1. The third-order valence-corrected chi connectivity index (χ3v) is 1.57. The van der Waals surface area contributed by atoms with Gasteiger partial charge in [-0.25, -0.2) is 0 Å². The minimum absolute atomic E-state index is 0.0310. The van der Waals surface area contributed by atoms with Gasteiger partial charge in [0.05, 0.1) is 6.07 Å². The van der Waals surface area contributed by atoms with E-state index in [4.69, 9.17) is 5.26 Å². The Morgan fingerprint density at radius 2 is 2.58 bits per heavy atom. The van der Waals surface area contributed by atoms with E-state index in [9.17, 15) is 4.79 Å². The Morgan fingerprint density at radius 3 is 3.08 bits per heavy atom. The molecule has 1 rings (SSSR count). The van der Waals surface area contributed by atoms with Crippen molar-refractivity contribution in [3.63, 3.8) is 0 Å². The molecule has 0 amide bonds. The lowest BCUT2D eigenvalue weighted by atomic mass is 10.2. The first-order valence-electron chi connectivity index (χ1n) is 3.64. The summed E-state index contributed by atoms with van der Waals surface area (Å²) in [5, 5.41) is 12.1. The van der Waals surface area contributed by atoms with Crippen LogP contribution < -0.4 is 0 Å². The molecule has 0 saturated heterocycles. The first-order chi connectivity index (χ1) is 5.75. The summed E-state index contributed by atoms with van der Waals surface area (Å²) in [6, 6.07) is 3.58. The van der Waals surface area contributed by atoms with Gasteiger partial charge in [0.1, 0.15) is 5.69 Å². The third-order valence-electron chi connectivity index (χ3n) is 1.57. The van der Waals surface area contributed by atoms with E-state index in [-0.39, 0.29) is 18.6 Å². The normalized spacial score (nSPS) is 9.33. The fraction of sp³-hybridized carbons (Fsp3) is 0.375. The quantitative estimate of drug-likeness (QED) is 0.622. The summed E-state index contributed by atoms with van der Waals surface area (Å²) in [6.45, 7) is 0. The largest absolute Gasteiger partial charge is 0.292 e. The minimum Gasteiger partial charge on any atom is -0.292 e. The molecule has 0 spiro atoms. The average molecular weight is 163 g/mol. The van der Waals surface area contributed by atoms with E-state index in [1.807, 2.05) is 6.07 Å². The van der Waals surface area contributed by atoms with Crippen LogP contribution in [0, 0.1) is 11.3 Å². The summed E-state index contributed by atoms with van der Waals surface area (Å²) in [5.74, 6) is -0.0310. The topological polar surface area (TPSA) is 58.7 Å². The van der Waals surface area contributed by atoms with E-state index in [0.717, 1.165) is 0 Å². The molecule has 0 aliphatic carbocycles. The zero-order valence-electron chi connectivity index (χ0n) is 6.82. The minimum atomic E-state index is -0.0310. The second-order valence-electron chi connectivity index (χ2n) is 2.42. The molecule has 0 atom stereocenters. The number of rotatable bonds is 3. The van der Waals surface area contributed by atoms with Crippen LogP contribution in [-0.2, 0) is 7.05 Å². The molecule has 0 aliphatic rings. The molecule has 0 bridgehead atoms. The van der Waals surface area contributed by atoms with E-state index < -0.39 is 0 Å². The molecular formula is C8H9N3O. The second-order valence-corrected chi connectivity index (χ2v) is 2.42. The zero-order chi connectivity index (χ0) is 8.97. The lowest BCUT2D eigenvalue weighted by Gasteiger charge is -1.97. The van der Waals surface area contributed by atoms with Gasteiger partial charge in [-0.2, -0.15) is 10.4 Å². The molecule has 0 N–H and O–H groups in total. The number of hydrogen-bond donors (Lipinski definition) is 0. The molecule has 4 heteroatoms. The number of aryl methyl sites for hydroxylation is 1. The molecule has 0 fully saturated rings. The van der Waals surface area contributed by atoms with E-state index >= 15 is 0 Å². The highest BCUT2D eigenvalue weighted by molar-refractivity contribution is 5.94. The average Bonchev–Trinajstić information content (AvgIpc) is 2.47. The van der Waals surface area contributed by atoms with E-state index in [1.165, 1.54) is 4.68 Å². The van der Waals surface area contributed by atoms with Crippen molar-refractivity contribution in [1.29, 1.82) is 5.26 Å². The number of carbonyl (C=O) groups excluding carboxylic acids is 1. The number of hydrogen-bond acceptors (Lipinski definition) is 3. The molecule has 1 aromatic heterocycles. The van der Waals surface area contributed by atoms with Gasteiger partial charge in [0.15, 0.2) is 5.78 Å². The maximum Gasteiger partial charge on any atom is 0.181 e. The van der Waals surface area contributed by atoms with Crippen molar-refractivity contribution < 1.29 is 4.79 Å². The van der Waals surface area contributed by atoms with Crippen LogP contribution in [0.1, 0.15) is 23.3 Å². The van der Waals surface area contributed by atoms with Gasteiger partial charge in [-0.1, -0.05) is 0 Å². The van der Waals surface area contributed by atoms with Crippen LogP contribution in [0.5, 0.6) is 0 Å². The van der Waals surface area contributed by atoms with Gasteiger partial charge in [0.2, 0.25) is 0 Å². The maximum atomic E-state index is 11.3. The molecule has 62 valence electrons. The van der Waals surface area contributed by atoms with Crippen molar-refractivity contribution >= 4 is 5.78 Å². The summed E-state index contributed by atoms with van der Waals surface area (Å²) in [4.78, 5) is 11.3. The molecule has 0 radical (unpaired) electrons. The van der Waals surface area contributed by atoms with Crippen molar-refractivity contribution in [1.82, 2.24) is 9.78 Å². The molecule has 0 aromatic carbocycles. The van der Waals surface area contributed by atoms with Crippen LogP contribution >= 0.6 is 0 Å². The van der Waals surface area contributed by atoms with Gasteiger partial charge >= 0.3 is 0 Å². The summed E-state index contributed by atoms with van der Waals surface area (Å²) in [6.07, 6.45) is 2.11. The lowest BCUT2D eigenvalue weighted by Crippen LogP contribution is -2.06. The summed E-state index contributed by atoms with van der Waals surface area (Å²) in [7, 11) is 1.71. The monoisotopic (exact) mass is 163 g/mol. The number of ketones is 1. The Morgan fingerprint density at radius 1 is 1.83 bits per heavy atom. The van der Waals surface area contributed by atoms with Gasteiger partial charge in [0, 0.05) is 26.1 Å². The van der Waals surface area contributed by atoms with Crippen LogP contribution in [0.25, 0.3) is 0 Å². The van der Waals surface area contributed by atoms with Gasteiger partial charge in [-0.05, 0) is 6.07 Å². The Bertz CT molecular complexity index is 321. The van der Waals surface area contributed by atoms with Crippen molar-refractivity contribution in [3.05, 3.63) is 18.0 Å². The highest BCUT2D eigenvalue weighted by atomic mass is 16.1. The van der Waals surface area contributed by atoms with E-state index in [2.05, 4.69) is 5.10 Å². The van der Waals surface area contributed by atoms with Crippen LogP contribution in [0.4, 0.5) is 0 Å². The molecule has 0 unspecified atom stereocenters. The number of aromatic nitrogens is 2. The van der Waals surface area contributed by atoms with Crippen LogP contribution in [0.3, 0.4) is 0 Å². The molecule has 12 heavy (non-hydrogen) atoms. The number of nitriles is 1. The van der Waals surface area contributed by atoms with Crippen molar-refractivity contribution in [2.45, 2.75) is 12.8 Å². The van der Waals surface area contributed by atoms with Gasteiger partial charge in [-0.3, -0.25) is 9.48 Å². The fourth-order valence-corrected chi connectivity index (χ4v) is 0.945. The second kappa shape index (κ2) is 3.67. The van der Waals surface area contributed by atoms with Gasteiger partial charge < -0.3 is 0 Å². The highest BCUT2D eigenvalue weighted by Crippen LogP contribution is 2.02. The molecule has 0 aliphatic heterocycles. The van der Waals surface area contributed by atoms with Crippen LogP contribution in [-0.4, -0.2) is 15.6 Å². The van der Waals surface area contributed by atoms with Crippen LogP contribution in [0.15, 0.2) is 12.3 Å². The summed E-state index contributed by atoms with van der Waals surface area (Å²) < 4.78 is 1.51. The van der Waals surface area contributed by atoms with Crippen molar-refractivity contribution in [2.24, 2.45) is 7.05 Å². The van der Waals surface area contributed by atoms with Gasteiger partial charge in [0.25, 0.3) is 0 Å². The highest BCUT2D eigenvalue weighted by Gasteiger charge is 2.08. The SMILES string of the molecule is Cn1nccc1C(=O)CCC#N. The third kappa shape index (κ3) is 1.70. The Labute approximate surface area is 70.4 Å². The van der Waals surface area contributed by atoms with E-state index in [1.54, 1.807) is 19.3 Å². The smallest absolute Gasteiger partial charge is 0.181 e. The predicted octanol–water partition coefficient (Wildman–Crippen LogP) is 0.907. The first kappa shape index (κ1) is 8.47. The maximum absolute atomic E-state index is 11.3. The Kier molecular flexibility index (Phi) is 2.59.